The summed E-state index contributed by atoms with van der Waals surface area (Å²) in [5.74, 6) is 1.60. The van der Waals surface area contributed by atoms with Crippen LogP contribution in [0.25, 0.3) is 0 Å². The molecule has 0 unspecified atom stereocenters. The van der Waals surface area contributed by atoms with Gasteiger partial charge in [0.15, 0.2) is 5.96 Å². The molecule has 9 heteroatoms. The Bertz CT molecular complexity index is 645. The van der Waals surface area contributed by atoms with Crippen LogP contribution in [0, 0.1) is 0 Å². The predicted molar refractivity (Wildman–Crippen MR) is 111 cm³/mol. The number of aliphatic imine (C=N–C) groups is 1. The minimum Gasteiger partial charge on any atom is -0.444 e. The van der Waals surface area contributed by atoms with Crippen molar-refractivity contribution in [1.82, 2.24) is 30.3 Å². The molecular weight excluding hydrogens is 358 g/mol. The number of amides is 1. The predicted octanol–water partition coefficient (Wildman–Crippen LogP) is 2.30. The fourth-order valence-corrected chi connectivity index (χ4v) is 2.66. The number of ether oxygens (including phenoxy) is 1. The van der Waals surface area contributed by atoms with Crippen molar-refractivity contribution >= 4 is 12.1 Å². The zero-order chi connectivity index (χ0) is 21.4. The number of nitrogens with one attached hydrogen (secondary N) is 2. The molecule has 0 fully saturated rings. The van der Waals surface area contributed by atoms with Gasteiger partial charge in [0.2, 0.25) is 0 Å². The van der Waals surface area contributed by atoms with Gasteiger partial charge in [0.1, 0.15) is 17.8 Å². The standard InChI is InChI=1S/C19H37N7O2/c1-9-19(10-2,24-17(27)28-18(4,5)6)13-21-16(20-11-3)25(7)12-15-22-14-23-26(15)8/h14H,9-13H2,1-8H3,(H,20,21)(H,24,27). The summed E-state index contributed by atoms with van der Waals surface area (Å²) in [6, 6.07) is 0. The average Bonchev–Trinajstić information content (AvgIpc) is 3.00. The smallest absolute Gasteiger partial charge is 0.408 e. The lowest BCUT2D eigenvalue weighted by Crippen LogP contribution is -2.52. The van der Waals surface area contributed by atoms with Crippen LogP contribution in [0.4, 0.5) is 4.79 Å². The lowest BCUT2D eigenvalue weighted by molar-refractivity contribution is 0.0451. The van der Waals surface area contributed by atoms with Crippen LogP contribution in [0.3, 0.4) is 0 Å². The molecule has 0 aliphatic carbocycles. The fourth-order valence-electron chi connectivity index (χ4n) is 2.66. The highest BCUT2D eigenvalue weighted by molar-refractivity contribution is 5.79. The van der Waals surface area contributed by atoms with E-state index in [1.165, 1.54) is 6.33 Å². The molecule has 0 aliphatic rings. The summed E-state index contributed by atoms with van der Waals surface area (Å²) in [6.45, 7) is 13.5. The Kier molecular flexibility index (Phi) is 8.71. The van der Waals surface area contributed by atoms with E-state index in [1.807, 2.05) is 60.5 Å². The van der Waals surface area contributed by atoms with E-state index in [1.54, 1.807) is 4.68 Å². The van der Waals surface area contributed by atoms with Gasteiger partial charge < -0.3 is 20.3 Å². The highest BCUT2D eigenvalue weighted by atomic mass is 16.6. The number of nitrogens with zero attached hydrogens (tertiary/aromatic N) is 5. The molecule has 0 saturated heterocycles. The average molecular weight is 396 g/mol. The molecule has 9 nitrogen and oxygen atoms in total. The van der Waals surface area contributed by atoms with E-state index in [4.69, 9.17) is 9.73 Å². The maximum atomic E-state index is 12.3. The highest BCUT2D eigenvalue weighted by Crippen LogP contribution is 2.18. The second-order valence-electron chi connectivity index (χ2n) is 7.94. The van der Waals surface area contributed by atoms with Gasteiger partial charge in [-0.2, -0.15) is 5.10 Å². The van der Waals surface area contributed by atoms with Crippen LogP contribution >= 0.6 is 0 Å². The third-order valence-corrected chi connectivity index (χ3v) is 4.53. The summed E-state index contributed by atoms with van der Waals surface area (Å²) in [7, 11) is 3.82. The molecule has 0 saturated carbocycles. The number of aryl methyl sites for hydroxylation is 1. The van der Waals surface area contributed by atoms with Crippen molar-refractivity contribution in [1.29, 1.82) is 0 Å². The summed E-state index contributed by atoms with van der Waals surface area (Å²) in [5, 5.41) is 10.4. The molecule has 28 heavy (non-hydrogen) atoms. The summed E-state index contributed by atoms with van der Waals surface area (Å²) >= 11 is 0. The van der Waals surface area contributed by atoms with Gasteiger partial charge >= 0.3 is 6.09 Å². The third-order valence-electron chi connectivity index (χ3n) is 4.53. The monoisotopic (exact) mass is 395 g/mol. The molecule has 1 aromatic rings. The number of hydrogen-bond acceptors (Lipinski definition) is 5. The second-order valence-corrected chi connectivity index (χ2v) is 7.94. The molecular formula is C19H37N7O2. The molecule has 1 aromatic heterocycles. The van der Waals surface area contributed by atoms with Gasteiger partial charge in [-0.15, -0.1) is 0 Å². The zero-order valence-corrected chi connectivity index (χ0v) is 18.7. The summed E-state index contributed by atoms with van der Waals surface area (Å²) in [5.41, 5.74) is -1.000. The zero-order valence-electron chi connectivity index (χ0n) is 18.7. The van der Waals surface area contributed by atoms with E-state index in [0.29, 0.717) is 13.1 Å². The molecule has 0 aliphatic heterocycles. The van der Waals surface area contributed by atoms with E-state index in [-0.39, 0.29) is 0 Å². The fraction of sp³-hybridized carbons (Fsp3) is 0.789. The molecule has 0 aromatic carbocycles. The van der Waals surface area contributed by atoms with Gasteiger partial charge in [0, 0.05) is 20.6 Å². The Labute approximate surface area is 168 Å². The van der Waals surface area contributed by atoms with Crippen LogP contribution in [-0.4, -0.2) is 63.0 Å². The minimum absolute atomic E-state index is 0.413. The van der Waals surface area contributed by atoms with Gasteiger partial charge in [-0.25, -0.2) is 9.78 Å². The Hall–Kier alpha value is -2.32. The van der Waals surface area contributed by atoms with Gasteiger partial charge in [-0.1, -0.05) is 13.8 Å². The largest absolute Gasteiger partial charge is 0.444 e. The summed E-state index contributed by atoms with van der Waals surface area (Å²) in [4.78, 5) is 23.4. The van der Waals surface area contributed by atoms with E-state index in [0.717, 1.165) is 31.2 Å². The van der Waals surface area contributed by atoms with E-state index in [9.17, 15) is 4.79 Å². The molecule has 1 amide bonds. The Morgan fingerprint density at radius 2 is 1.93 bits per heavy atom. The van der Waals surface area contributed by atoms with E-state index in [2.05, 4.69) is 20.7 Å². The number of rotatable bonds is 8. The SMILES string of the molecule is CCNC(=NCC(CC)(CC)NC(=O)OC(C)(C)C)N(C)Cc1ncnn1C. The maximum absolute atomic E-state index is 12.3. The molecule has 1 rings (SSSR count). The third kappa shape index (κ3) is 7.36. The van der Waals surface area contributed by atoms with E-state index >= 15 is 0 Å². The highest BCUT2D eigenvalue weighted by Gasteiger charge is 2.30. The summed E-state index contributed by atoms with van der Waals surface area (Å²) in [6.07, 6.45) is 2.62. The Morgan fingerprint density at radius 3 is 2.39 bits per heavy atom. The molecule has 1 heterocycles. The molecule has 2 N–H and O–H groups in total. The van der Waals surface area contributed by atoms with Crippen LogP contribution in [0.5, 0.6) is 0 Å². The van der Waals surface area contributed by atoms with Crippen LogP contribution in [0.2, 0.25) is 0 Å². The maximum Gasteiger partial charge on any atom is 0.408 e. The Morgan fingerprint density at radius 1 is 1.29 bits per heavy atom. The quantitative estimate of drug-likeness (QED) is 0.518. The van der Waals surface area contributed by atoms with E-state index < -0.39 is 17.2 Å². The van der Waals surface area contributed by atoms with Crippen LogP contribution in [0.15, 0.2) is 11.3 Å². The van der Waals surface area contributed by atoms with Gasteiger partial charge in [0.05, 0.1) is 18.6 Å². The first-order valence-corrected chi connectivity index (χ1v) is 9.89. The number of hydrogen-bond donors (Lipinski definition) is 2. The van der Waals surface area contributed by atoms with Gasteiger partial charge in [0.25, 0.3) is 0 Å². The number of alkyl carbamates (subject to hydrolysis) is 1. The second kappa shape index (κ2) is 10.3. The number of carbonyl (C=O) groups is 1. The topological polar surface area (TPSA) is 96.7 Å². The van der Waals surface area contributed by atoms with Crippen LogP contribution in [-0.2, 0) is 18.3 Å². The van der Waals surface area contributed by atoms with Crippen molar-refractivity contribution in [2.24, 2.45) is 12.0 Å². The first-order chi connectivity index (χ1) is 13.1. The van der Waals surface area contributed by atoms with Gasteiger partial charge in [-0.3, -0.25) is 9.67 Å². The van der Waals surface area contributed by atoms with Crippen molar-refractivity contribution < 1.29 is 9.53 Å². The van der Waals surface area contributed by atoms with Crippen molar-refractivity contribution in [3.8, 4) is 0 Å². The van der Waals surface area contributed by atoms with Crippen molar-refractivity contribution in [2.75, 3.05) is 20.1 Å². The first-order valence-electron chi connectivity index (χ1n) is 9.89. The lowest BCUT2D eigenvalue weighted by atomic mass is 9.93. The molecule has 160 valence electrons. The summed E-state index contributed by atoms with van der Waals surface area (Å²) < 4.78 is 7.18. The van der Waals surface area contributed by atoms with Crippen molar-refractivity contribution in [3.63, 3.8) is 0 Å². The number of carbonyl (C=O) groups excluding carboxylic acids is 1. The number of guanidine groups is 1. The van der Waals surface area contributed by atoms with Crippen LogP contribution < -0.4 is 10.6 Å². The molecule has 0 radical (unpaired) electrons. The molecule has 0 spiro atoms. The normalized spacial score (nSPS) is 12.6. The Balaban J connectivity index is 2.92. The van der Waals surface area contributed by atoms with Crippen molar-refractivity contribution in [2.45, 2.75) is 72.1 Å². The van der Waals surface area contributed by atoms with Crippen LogP contribution in [0.1, 0.15) is 60.2 Å². The minimum atomic E-state index is -0.536. The van der Waals surface area contributed by atoms with Crippen molar-refractivity contribution in [3.05, 3.63) is 12.2 Å². The first kappa shape index (κ1) is 23.7. The molecule has 0 bridgehead atoms. The lowest BCUT2D eigenvalue weighted by Gasteiger charge is -2.33. The molecule has 0 atom stereocenters. The van der Waals surface area contributed by atoms with Gasteiger partial charge in [-0.05, 0) is 40.5 Å². The number of aromatic nitrogens is 3.